The summed E-state index contributed by atoms with van der Waals surface area (Å²) in [5.41, 5.74) is 1.18. The van der Waals surface area contributed by atoms with E-state index < -0.39 is 30.0 Å². The molecule has 12 aromatic rings. The van der Waals surface area contributed by atoms with Gasteiger partial charge in [0.2, 0.25) is 0 Å². The molecule has 0 spiro atoms. The van der Waals surface area contributed by atoms with Gasteiger partial charge >= 0.3 is 11.9 Å². The SMILES string of the molecule is O=C(Oc1ccc2ccccc2c1)c1cc2ccccc2c(-c2c(OPOc3cccc4ccccc34)c(C(=O)Oc3ccc4ccccc4c3)cc3ccccc23)c1OPOc1cccc2ccccc12. The van der Waals surface area contributed by atoms with Gasteiger partial charge in [0.15, 0.2) is 0 Å². The zero-order valence-electron chi connectivity index (χ0n) is 38.2. The molecule has 346 valence electrons. The molecule has 2 atom stereocenters. The molecule has 2 unspecified atom stereocenters. The maximum Gasteiger partial charge on any atom is 0.347 e. The smallest absolute Gasteiger partial charge is 0.347 e. The Balaban J connectivity index is 1.06. The largest absolute Gasteiger partial charge is 0.440 e. The molecule has 0 aliphatic heterocycles. The van der Waals surface area contributed by atoms with Gasteiger partial charge in [-0.1, -0.05) is 182 Å². The van der Waals surface area contributed by atoms with E-state index in [4.69, 9.17) is 27.6 Å². The van der Waals surface area contributed by atoms with Crippen molar-refractivity contribution >= 4 is 94.6 Å². The highest BCUT2D eigenvalue weighted by Crippen LogP contribution is 2.52. The minimum absolute atomic E-state index is 0.125. The average molecular weight is 975 g/mol. The van der Waals surface area contributed by atoms with E-state index in [1.54, 1.807) is 24.3 Å². The summed E-state index contributed by atoms with van der Waals surface area (Å²) >= 11 is 0. The number of esters is 2. The predicted octanol–water partition coefficient (Wildman–Crippen LogP) is 16.6. The van der Waals surface area contributed by atoms with Gasteiger partial charge in [-0.2, -0.15) is 0 Å². The Morgan fingerprint density at radius 2 is 0.639 bits per heavy atom. The van der Waals surface area contributed by atoms with Gasteiger partial charge in [-0.3, -0.25) is 0 Å². The van der Waals surface area contributed by atoms with Gasteiger partial charge < -0.3 is 27.6 Å². The van der Waals surface area contributed by atoms with Crippen LogP contribution < -0.4 is 27.6 Å². The fourth-order valence-corrected chi connectivity index (χ4v) is 10.4. The van der Waals surface area contributed by atoms with Crippen molar-refractivity contribution in [2.45, 2.75) is 0 Å². The lowest BCUT2D eigenvalue weighted by atomic mass is 9.88. The fourth-order valence-electron chi connectivity index (χ4n) is 9.24. The summed E-state index contributed by atoms with van der Waals surface area (Å²) in [7, 11) is -1.29. The number of carbonyl (C=O) groups excluding carboxylic acids is 2. The van der Waals surface area contributed by atoms with Crippen LogP contribution in [0.4, 0.5) is 0 Å². The first-order chi connectivity index (χ1) is 35.5. The molecule has 8 nitrogen and oxygen atoms in total. The van der Waals surface area contributed by atoms with Crippen molar-refractivity contribution in [1.29, 1.82) is 0 Å². The number of hydrogen-bond acceptors (Lipinski definition) is 8. The predicted molar refractivity (Wildman–Crippen MR) is 292 cm³/mol. The lowest BCUT2D eigenvalue weighted by Gasteiger charge is -2.23. The number of carbonyl (C=O) groups is 2. The minimum Gasteiger partial charge on any atom is -0.440 e. The molecule has 0 aliphatic carbocycles. The highest BCUT2D eigenvalue weighted by molar-refractivity contribution is 7.27. The maximum absolute atomic E-state index is 15.0. The van der Waals surface area contributed by atoms with Gasteiger partial charge in [-0.15, -0.1) is 0 Å². The van der Waals surface area contributed by atoms with Crippen LogP contribution >= 0.6 is 18.1 Å². The van der Waals surface area contributed by atoms with Crippen LogP contribution in [0.15, 0.2) is 231 Å². The minimum atomic E-state index is -0.665. The summed E-state index contributed by atoms with van der Waals surface area (Å²) in [5.74, 6) is 0.909. The highest BCUT2D eigenvalue weighted by atomic mass is 31.1. The third-order valence-electron chi connectivity index (χ3n) is 12.6. The molecule has 0 aromatic heterocycles. The van der Waals surface area contributed by atoms with Gasteiger partial charge in [0, 0.05) is 21.9 Å². The van der Waals surface area contributed by atoms with E-state index in [0.717, 1.165) is 43.1 Å². The first-order valence-corrected chi connectivity index (χ1v) is 24.8. The molecule has 10 heteroatoms. The maximum atomic E-state index is 15.0. The standard InChI is InChI=1S/C62H40O8P2/c63-61(65-47-33-31-39-15-1-3-19-43(39)35-47)53-37-45-21-7-11-27-51(45)57(59(53)69-71-67-55-29-13-23-41-17-5-9-25-49(41)55)58-52-28-12-8-22-46(52)38-54(62(64)66-48-34-32-40-16-2-4-20-44(40)36-48)60(58)70-72-68-56-30-14-24-42-18-6-10-26-50(42)56/h1-38,71-72H. The Morgan fingerprint density at radius 1 is 0.292 bits per heavy atom. The van der Waals surface area contributed by atoms with Crippen LogP contribution in [0.5, 0.6) is 34.5 Å². The summed E-state index contributed by atoms with van der Waals surface area (Å²) in [5, 5.41) is 10.5. The number of benzene rings is 12. The third-order valence-corrected chi connectivity index (χ3v) is 13.8. The van der Waals surface area contributed by atoms with Crippen molar-refractivity contribution < 1.29 is 37.2 Å². The van der Waals surface area contributed by atoms with E-state index in [1.807, 2.05) is 206 Å². The molecular formula is C62H40O8P2. The summed E-state index contributed by atoms with van der Waals surface area (Å²) < 4.78 is 39.2. The topological polar surface area (TPSA) is 89.5 Å². The Bertz CT molecular complexity index is 3810. The van der Waals surface area contributed by atoms with Crippen LogP contribution in [0, 0.1) is 0 Å². The van der Waals surface area contributed by atoms with Crippen LogP contribution in [-0.4, -0.2) is 11.9 Å². The molecule has 0 saturated heterocycles. The van der Waals surface area contributed by atoms with Crippen molar-refractivity contribution in [3.05, 3.63) is 242 Å². The zero-order valence-corrected chi connectivity index (χ0v) is 40.2. The molecule has 0 aliphatic rings. The Labute approximate surface area is 417 Å². The summed E-state index contributed by atoms with van der Waals surface area (Å²) in [6.07, 6.45) is 0. The third kappa shape index (κ3) is 8.75. The number of ether oxygens (including phenoxy) is 2. The Kier molecular flexibility index (Phi) is 12.1. The second-order valence-electron chi connectivity index (χ2n) is 17.0. The summed E-state index contributed by atoms with van der Waals surface area (Å²) in [6.45, 7) is 0. The van der Waals surface area contributed by atoms with Gasteiger partial charge in [-0.05, 0) is 102 Å². The number of hydrogen-bond donors (Lipinski definition) is 0. The van der Waals surface area contributed by atoms with Gasteiger partial charge in [0.1, 0.15) is 45.6 Å². The molecular weight excluding hydrogens is 935 g/mol. The fraction of sp³-hybridized carbons (Fsp3) is 0. The highest BCUT2D eigenvalue weighted by Gasteiger charge is 2.30. The molecule has 0 saturated carbocycles. The van der Waals surface area contributed by atoms with E-state index >= 15 is 0 Å². The summed E-state index contributed by atoms with van der Waals surface area (Å²) in [4.78, 5) is 30.0. The zero-order chi connectivity index (χ0) is 48.4. The van der Waals surface area contributed by atoms with E-state index in [0.29, 0.717) is 55.7 Å². The molecule has 0 fully saturated rings. The summed E-state index contributed by atoms with van der Waals surface area (Å²) in [6, 6.07) is 73.3. The normalized spacial score (nSPS) is 11.6. The first kappa shape index (κ1) is 44.4. The van der Waals surface area contributed by atoms with Gasteiger partial charge in [0.05, 0.1) is 0 Å². The van der Waals surface area contributed by atoms with E-state index in [-0.39, 0.29) is 22.6 Å². The van der Waals surface area contributed by atoms with Crippen molar-refractivity contribution in [2.75, 3.05) is 0 Å². The van der Waals surface area contributed by atoms with E-state index in [9.17, 15) is 9.59 Å². The van der Waals surface area contributed by atoms with Crippen LogP contribution in [-0.2, 0) is 0 Å². The van der Waals surface area contributed by atoms with Crippen LogP contribution in [0.3, 0.4) is 0 Å². The molecule has 0 heterocycles. The molecule has 0 radical (unpaired) electrons. The molecule has 0 amide bonds. The monoisotopic (exact) mass is 974 g/mol. The number of fused-ring (bicyclic) bond motifs is 6. The number of rotatable bonds is 13. The first-order valence-electron chi connectivity index (χ1n) is 23.2. The van der Waals surface area contributed by atoms with Gasteiger partial charge in [0.25, 0.3) is 18.1 Å². The lowest BCUT2D eigenvalue weighted by molar-refractivity contribution is 0.0723. The Hall–Kier alpha value is -8.80. The van der Waals surface area contributed by atoms with E-state index in [1.165, 1.54) is 0 Å². The average Bonchev–Trinajstić information content (AvgIpc) is 3.42. The van der Waals surface area contributed by atoms with Crippen LogP contribution in [0.25, 0.3) is 75.8 Å². The quantitative estimate of drug-likeness (QED) is 0.0641. The van der Waals surface area contributed by atoms with E-state index in [2.05, 4.69) is 0 Å². The van der Waals surface area contributed by atoms with Crippen molar-refractivity contribution in [3.63, 3.8) is 0 Å². The van der Waals surface area contributed by atoms with Crippen LogP contribution in [0.1, 0.15) is 20.7 Å². The lowest BCUT2D eigenvalue weighted by Crippen LogP contribution is -2.12. The second-order valence-corrected chi connectivity index (χ2v) is 18.2. The molecule has 0 bridgehead atoms. The molecule has 0 N–H and O–H groups in total. The molecule has 72 heavy (non-hydrogen) atoms. The second kappa shape index (κ2) is 19.5. The van der Waals surface area contributed by atoms with Gasteiger partial charge in [-0.25, -0.2) is 9.59 Å². The van der Waals surface area contributed by atoms with Crippen LogP contribution in [0.2, 0.25) is 0 Å². The van der Waals surface area contributed by atoms with Crippen molar-refractivity contribution in [2.24, 2.45) is 0 Å². The van der Waals surface area contributed by atoms with Crippen molar-refractivity contribution in [3.8, 4) is 45.6 Å². The Morgan fingerprint density at radius 3 is 1.07 bits per heavy atom. The molecule has 12 rings (SSSR count). The van der Waals surface area contributed by atoms with Crippen molar-refractivity contribution in [1.82, 2.24) is 0 Å². The molecule has 12 aromatic carbocycles.